The van der Waals surface area contributed by atoms with E-state index in [1.165, 1.54) is 22.9 Å². The standard InChI is InChI=1S/C23H27NOS/c1-6-9-20-14-21(13-12-16(20)2)19(5)26-15-18(4)23(25)24-22-11-8-7-10-17(22)3/h7-8,10-15H,5-6,9H2,1-4H3,(H,24,25)/b18-15+. The normalized spacial score (nSPS) is 11.3. The van der Waals surface area contributed by atoms with Crippen LogP contribution in [0.15, 0.2) is 60.0 Å². The first-order chi connectivity index (χ1) is 12.4. The molecule has 0 atom stereocenters. The minimum atomic E-state index is -0.0878. The molecule has 0 aliphatic heterocycles. The van der Waals surface area contributed by atoms with Crippen molar-refractivity contribution >= 4 is 28.3 Å². The van der Waals surface area contributed by atoms with E-state index in [0.29, 0.717) is 5.57 Å². The smallest absolute Gasteiger partial charge is 0.251 e. The molecule has 0 heterocycles. The molecule has 2 nitrogen and oxygen atoms in total. The number of hydrogen-bond donors (Lipinski definition) is 1. The fraction of sp³-hybridized carbons (Fsp3) is 0.261. The summed E-state index contributed by atoms with van der Waals surface area (Å²) in [6, 6.07) is 14.2. The van der Waals surface area contributed by atoms with E-state index < -0.39 is 0 Å². The summed E-state index contributed by atoms with van der Waals surface area (Å²) in [5.74, 6) is -0.0878. The number of para-hydroxylation sites is 1. The van der Waals surface area contributed by atoms with Crippen LogP contribution in [0.2, 0.25) is 0 Å². The molecule has 0 bridgehead atoms. The first-order valence-corrected chi connectivity index (χ1v) is 9.79. The Morgan fingerprint density at radius 3 is 2.58 bits per heavy atom. The van der Waals surface area contributed by atoms with Crippen molar-refractivity contribution < 1.29 is 4.79 Å². The lowest BCUT2D eigenvalue weighted by Gasteiger charge is -2.10. The lowest BCUT2D eigenvalue weighted by Crippen LogP contribution is -2.13. The van der Waals surface area contributed by atoms with E-state index in [1.54, 1.807) is 0 Å². The Morgan fingerprint density at radius 1 is 1.15 bits per heavy atom. The highest BCUT2D eigenvalue weighted by Crippen LogP contribution is 2.29. The van der Waals surface area contributed by atoms with Gasteiger partial charge in [-0.05, 0) is 60.9 Å². The minimum Gasteiger partial charge on any atom is -0.322 e. The van der Waals surface area contributed by atoms with Crippen LogP contribution in [0, 0.1) is 13.8 Å². The summed E-state index contributed by atoms with van der Waals surface area (Å²) in [4.78, 5) is 13.3. The van der Waals surface area contributed by atoms with Gasteiger partial charge in [0.15, 0.2) is 0 Å². The molecule has 2 rings (SSSR count). The molecule has 3 heteroatoms. The Hall–Kier alpha value is -2.26. The number of nitrogens with one attached hydrogen (secondary N) is 1. The molecule has 0 unspecified atom stereocenters. The van der Waals surface area contributed by atoms with Gasteiger partial charge in [-0.15, -0.1) is 0 Å². The summed E-state index contributed by atoms with van der Waals surface area (Å²) >= 11 is 1.50. The number of thioether (sulfide) groups is 1. The van der Waals surface area contributed by atoms with E-state index >= 15 is 0 Å². The fourth-order valence-corrected chi connectivity index (χ4v) is 3.29. The average Bonchev–Trinajstić information content (AvgIpc) is 2.63. The summed E-state index contributed by atoms with van der Waals surface area (Å²) in [6.07, 6.45) is 2.20. The predicted molar refractivity (Wildman–Crippen MR) is 115 cm³/mol. The maximum Gasteiger partial charge on any atom is 0.251 e. The molecular formula is C23H27NOS. The van der Waals surface area contributed by atoms with Gasteiger partial charge in [-0.2, -0.15) is 0 Å². The highest BCUT2D eigenvalue weighted by molar-refractivity contribution is 8.10. The maximum absolute atomic E-state index is 12.4. The Labute approximate surface area is 161 Å². The van der Waals surface area contributed by atoms with Crippen molar-refractivity contribution in [2.45, 2.75) is 40.5 Å². The number of rotatable bonds is 7. The van der Waals surface area contributed by atoms with Crippen molar-refractivity contribution in [3.63, 3.8) is 0 Å². The Morgan fingerprint density at radius 2 is 1.88 bits per heavy atom. The maximum atomic E-state index is 12.4. The first kappa shape index (κ1) is 20.1. The van der Waals surface area contributed by atoms with Crippen LogP contribution >= 0.6 is 11.8 Å². The minimum absolute atomic E-state index is 0.0878. The van der Waals surface area contributed by atoms with Gasteiger partial charge in [-0.3, -0.25) is 4.79 Å². The second-order valence-corrected chi connectivity index (χ2v) is 7.47. The van der Waals surface area contributed by atoms with Gasteiger partial charge in [-0.25, -0.2) is 0 Å². The number of carbonyl (C=O) groups is 1. The van der Waals surface area contributed by atoms with Gasteiger partial charge >= 0.3 is 0 Å². The van der Waals surface area contributed by atoms with Crippen LogP contribution in [0.3, 0.4) is 0 Å². The zero-order valence-corrected chi connectivity index (χ0v) is 16.9. The van der Waals surface area contributed by atoms with Crippen LogP contribution in [0.25, 0.3) is 4.91 Å². The van der Waals surface area contributed by atoms with Crippen LogP contribution < -0.4 is 5.32 Å². The van der Waals surface area contributed by atoms with E-state index in [4.69, 9.17) is 0 Å². The highest BCUT2D eigenvalue weighted by Gasteiger charge is 2.08. The third-order valence-corrected chi connectivity index (χ3v) is 5.31. The molecule has 0 saturated carbocycles. The van der Waals surface area contributed by atoms with Crippen molar-refractivity contribution in [2.75, 3.05) is 5.32 Å². The van der Waals surface area contributed by atoms with E-state index in [9.17, 15) is 4.79 Å². The zero-order chi connectivity index (χ0) is 19.1. The van der Waals surface area contributed by atoms with Crippen molar-refractivity contribution in [2.24, 2.45) is 0 Å². The largest absolute Gasteiger partial charge is 0.322 e. The quantitative estimate of drug-likeness (QED) is 0.567. The molecule has 0 aliphatic carbocycles. The average molecular weight is 366 g/mol. The molecule has 136 valence electrons. The van der Waals surface area contributed by atoms with E-state index in [0.717, 1.165) is 34.6 Å². The Kier molecular flexibility index (Phi) is 7.28. The molecule has 0 radical (unpaired) electrons. The van der Waals surface area contributed by atoms with Gasteiger partial charge in [0, 0.05) is 16.2 Å². The molecule has 2 aromatic rings. The van der Waals surface area contributed by atoms with Crippen LogP contribution in [-0.2, 0) is 11.2 Å². The summed E-state index contributed by atoms with van der Waals surface area (Å²) < 4.78 is 0. The second-order valence-electron chi connectivity index (χ2n) is 6.50. The van der Waals surface area contributed by atoms with Gasteiger partial charge in [0.05, 0.1) is 0 Å². The highest BCUT2D eigenvalue weighted by atomic mass is 32.2. The van der Waals surface area contributed by atoms with E-state index in [-0.39, 0.29) is 5.91 Å². The van der Waals surface area contributed by atoms with E-state index in [2.05, 4.69) is 43.9 Å². The number of amides is 1. The van der Waals surface area contributed by atoms with Crippen LogP contribution in [-0.4, -0.2) is 5.91 Å². The third-order valence-electron chi connectivity index (χ3n) is 4.32. The number of anilines is 1. The van der Waals surface area contributed by atoms with Gasteiger partial charge in [0.2, 0.25) is 0 Å². The molecule has 2 aromatic carbocycles. The molecule has 0 spiro atoms. The van der Waals surface area contributed by atoms with E-state index in [1.807, 2.05) is 43.5 Å². The van der Waals surface area contributed by atoms with Crippen molar-refractivity contribution in [1.82, 2.24) is 0 Å². The molecule has 1 N–H and O–H groups in total. The fourth-order valence-electron chi connectivity index (χ4n) is 2.60. The summed E-state index contributed by atoms with van der Waals surface area (Å²) in [5.41, 5.74) is 6.36. The monoisotopic (exact) mass is 365 g/mol. The number of carbonyl (C=O) groups excluding carboxylic acids is 1. The molecule has 1 amide bonds. The molecular weight excluding hydrogens is 338 g/mol. The lowest BCUT2D eigenvalue weighted by molar-refractivity contribution is -0.112. The molecule has 26 heavy (non-hydrogen) atoms. The molecule has 0 aromatic heterocycles. The summed E-state index contributed by atoms with van der Waals surface area (Å²) in [5, 5.41) is 4.83. The molecule has 0 aliphatic rings. The second kappa shape index (κ2) is 9.44. The topological polar surface area (TPSA) is 29.1 Å². The van der Waals surface area contributed by atoms with Gasteiger partial charge in [-0.1, -0.05) is 68.1 Å². The number of aryl methyl sites for hydroxylation is 3. The van der Waals surface area contributed by atoms with Gasteiger partial charge in [0.25, 0.3) is 5.91 Å². The van der Waals surface area contributed by atoms with Crippen LogP contribution in [0.5, 0.6) is 0 Å². The SMILES string of the molecule is C=C(S/C=C(\C)C(=O)Nc1ccccc1C)c1ccc(C)c(CCC)c1. The van der Waals surface area contributed by atoms with Crippen LogP contribution in [0.1, 0.15) is 42.5 Å². The van der Waals surface area contributed by atoms with Gasteiger partial charge < -0.3 is 5.32 Å². The Bertz CT molecular complexity index is 836. The van der Waals surface area contributed by atoms with Gasteiger partial charge in [0.1, 0.15) is 0 Å². The Balaban J connectivity index is 2.03. The predicted octanol–water partition coefficient (Wildman–Crippen LogP) is 6.50. The van der Waals surface area contributed by atoms with Crippen molar-refractivity contribution in [3.05, 3.63) is 82.3 Å². The number of benzene rings is 2. The van der Waals surface area contributed by atoms with Crippen molar-refractivity contribution in [3.8, 4) is 0 Å². The lowest BCUT2D eigenvalue weighted by atomic mass is 10.0. The molecule has 0 fully saturated rings. The summed E-state index contributed by atoms with van der Waals surface area (Å²) in [6.45, 7) is 12.3. The summed E-state index contributed by atoms with van der Waals surface area (Å²) in [7, 11) is 0. The van der Waals surface area contributed by atoms with Crippen molar-refractivity contribution in [1.29, 1.82) is 0 Å². The van der Waals surface area contributed by atoms with Crippen LogP contribution in [0.4, 0.5) is 5.69 Å². The first-order valence-electron chi connectivity index (χ1n) is 8.91. The molecule has 0 saturated heterocycles. The number of hydrogen-bond acceptors (Lipinski definition) is 2. The zero-order valence-electron chi connectivity index (χ0n) is 16.1. The third kappa shape index (κ3) is 5.37.